The van der Waals surface area contributed by atoms with E-state index in [9.17, 15) is 0 Å². The molecule has 10 rings (SSSR count). The Hall–Kier alpha value is -6.90. The van der Waals surface area contributed by atoms with Gasteiger partial charge in [-0.3, -0.25) is 0 Å². The molecule has 0 fully saturated rings. The minimum Gasteiger partial charge on any atom is -0.309 e. The van der Waals surface area contributed by atoms with E-state index in [0.717, 1.165) is 0 Å². The second-order valence-corrected chi connectivity index (χ2v) is 15.9. The van der Waals surface area contributed by atoms with Crippen molar-refractivity contribution in [3.05, 3.63) is 205 Å². The topological polar surface area (TPSA) is 9.86 Å². The fourth-order valence-electron chi connectivity index (χ4n) is 8.31. The number of hydrogen-bond acceptors (Lipinski definition) is 0. The lowest BCUT2D eigenvalue weighted by atomic mass is 9.87. The number of benzene rings is 8. The third-order valence-corrected chi connectivity index (χ3v) is 11.3. The van der Waals surface area contributed by atoms with Gasteiger partial charge in [0.2, 0.25) is 0 Å². The number of aromatic nitrogens is 2. The molecule has 56 heavy (non-hydrogen) atoms. The van der Waals surface area contributed by atoms with Crippen molar-refractivity contribution in [3.63, 3.8) is 0 Å². The Balaban J connectivity index is 0.896. The molecule has 8 aromatic carbocycles. The number of para-hydroxylation sites is 3. The molecule has 0 aliphatic rings. The molecule has 0 bridgehead atoms. The zero-order valence-corrected chi connectivity index (χ0v) is 31.9. The quantitative estimate of drug-likeness (QED) is 0.152. The maximum atomic E-state index is 2.39. The predicted molar refractivity (Wildman–Crippen MR) is 240 cm³/mol. The number of hydrogen-bond donors (Lipinski definition) is 0. The molecule has 0 atom stereocenters. The zero-order chi connectivity index (χ0) is 37.8. The standard InChI is InChI=1S/C54H42N2/c1-54(2,3)43-29-31-45(32-30-43)56-51-16-10-8-14-47(51)49-36-42(28-34-53(49)56)40-25-21-38(22-26-40)18-17-37-19-23-39(24-20-37)41-27-33-52-48(35-41)46-13-7-9-15-50(46)55(52)44-11-5-4-6-12-44/h4-36H,1-3H3/b18-17+. The maximum Gasteiger partial charge on any atom is 0.0541 e. The first kappa shape index (κ1) is 33.7. The summed E-state index contributed by atoms with van der Waals surface area (Å²) >= 11 is 0. The first-order valence-electron chi connectivity index (χ1n) is 19.5. The predicted octanol–water partition coefficient (Wildman–Crippen LogP) is 14.7. The van der Waals surface area contributed by atoms with Gasteiger partial charge in [0.1, 0.15) is 0 Å². The van der Waals surface area contributed by atoms with Crippen molar-refractivity contribution in [2.75, 3.05) is 0 Å². The molecule has 10 aromatic rings. The summed E-state index contributed by atoms with van der Waals surface area (Å²) in [6, 6.07) is 68.6. The molecule has 268 valence electrons. The van der Waals surface area contributed by atoms with Crippen LogP contribution in [0, 0.1) is 0 Å². The lowest BCUT2D eigenvalue weighted by molar-refractivity contribution is 0.590. The molecule has 0 saturated heterocycles. The van der Waals surface area contributed by atoms with E-state index >= 15 is 0 Å². The summed E-state index contributed by atoms with van der Waals surface area (Å²) in [4.78, 5) is 0. The lowest BCUT2D eigenvalue weighted by Crippen LogP contribution is -2.10. The molecular weight excluding hydrogens is 677 g/mol. The number of fused-ring (bicyclic) bond motifs is 6. The monoisotopic (exact) mass is 718 g/mol. The van der Waals surface area contributed by atoms with Crippen LogP contribution in [0.2, 0.25) is 0 Å². The van der Waals surface area contributed by atoms with Crippen molar-refractivity contribution in [2.45, 2.75) is 26.2 Å². The van der Waals surface area contributed by atoms with Crippen LogP contribution in [-0.4, -0.2) is 9.13 Å². The van der Waals surface area contributed by atoms with Crippen LogP contribution in [0.4, 0.5) is 0 Å². The Kier molecular flexibility index (Phi) is 8.08. The second-order valence-electron chi connectivity index (χ2n) is 15.9. The van der Waals surface area contributed by atoms with Gasteiger partial charge >= 0.3 is 0 Å². The third kappa shape index (κ3) is 5.91. The molecule has 0 unspecified atom stereocenters. The van der Waals surface area contributed by atoms with Crippen molar-refractivity contribution < 1.29 is 0 Å². The highest BCUT2D eigenvalue weighted by Crippen LogP contribution is 2.37. The Bertz CT molecular complexity index is 3060. The third-order valence-electron chi connectivity index (χ3n) is 11.3. The van der Waals surface area contributed by atoms with Crippen LogP contribution >= 0.6 is 0 Å². The van der Waals surface area contributed by atoms with Gasteiger partial charge in [-0.2, -0.15) is 0 Å². The normalized spacial score (nSPS) is 12.1. The molecule has 0 spiro atoms. The van der Waals surface area contributed by atoms with Crippen LogP contribution in [0.15, 0.2) is 188 Å². The van der Waals surface area contributed by atoms with Crippen LogP contribution in [0.5, 0.6) is 0 Å². The van der Waals surface area contributed by atoms with E-state index in [4.69, 9.17) is 0 Å². The molecule has 2 heterocycles. The van der Waals surface area contributed by atoms with Gasteiger partial charge in [-0.15, -0.1) is 0 Å². The summed E-state index contributed by atoms with van der Waals surface area (Å²) < 4.78 is 4.76. The van der Waals surface area contributed by atoms with E-state index in [2.05, 4.69) is 230 Å². The van der Waals surface area contributed by atoms with E-state index in [-0.39, 0.29) is 5.41 Å². The molecule has 0 aliphatic heterocycles. The SMILES string of the molecule is CC(C)(C)c1ccc(-n2c3ccccc3c3cc(-c4ccc(/C=C/c5ccc(-c6ccc7c(c6)c6ccccc6n7-c6ccccc6)cc5)cc4)ccc32)cc1. The first-order chi connectivity index (χ1) is 27.4. The van der Waals surface area contributed by atoms with E-state index < -0.39 is 0 Å². The van der Waals surface area contributed by atoms with Crippen LogP contribution < -0.4 is 0 Å². The van der Waals surface area contributed by atoms with Gasteiger partial charge in [0.25, 0.3) is 0 Å². The Morgan fingerprint density at radius 2 is 0.732 bits per heavy atom. The van der Waals surface area contributed by atoms with Gasteiger partial charge in [0, 0.05) is 32.9 Å². The minimum absolute atomic E-state index is 0.121. The van der Waals surface area contributed by atoms with Gasteiger partial charge in [0.15, 0.2) is 0 Å². The second kappa shape index (κ2) is 13.4. The Morgan fingerprint density at radius 1 is 0.339 bits per heavy atom. The summed E-state index contributed by atoms with van der Waals surface area (Å²) in [6.07, 6.45) is 4.40. The van der Waals surface area contributed by atoms with Gasteiger partial charge in [-0.05, 0) is 105 Å². The van der Waals surface area contributed by atoms with Crippen LogP contribution in [-0.2, 0) is 5.41 Å². The van der Waals surface area contributed by atoms with E-state index in [1.165, 1.54) is 93.9 Å². The summed E-state index contributed by atoms with van der Waals surface area (Å²) in [6.45, 7) is 6.79. The van der Waals surface area contributed by atoms with E-state index in [1.807, 2.05) is 0 Å². The van der Waals surface area contributed by atoms with Gasteiger partial charge in [-0.25, -0.2) is 0 Å². The Morgan fingerprint density at radius 3 is 1.20 bits per heavy atom. The molecule has 0 amide bonds. The van der Waals surface area contributed by atoms with Crippen LogP contribution in [0.25, 0.3) is 89.4 Å². The Labute approximate surface area is 328 Å². The highest BCUT2D eigenvalue weighted by atomic mass is 15.0. The highest BCUT2D eigenvalue weighted by molar-refractivity contribution is 6.11. The fraction of sp³-hybridized carbons (Fsp3) is 0.0741. The van der Waals surface area contributed by atoms with Gasteiger partial charge in [0.05, 0.1) is 22.1 Å². The van der Waals surface area contributed by atoms with Crippen LogP contribution in [0.3, 0.4) is 0 Å². The number of nitrogens with zero attached hydrogens (tertiary/aromatic N) is 2. The summed E-state index contributed by atoms with van der Waals surface area (Å²) in [5.74, 6) is 0. The van der Waals surface area contributed by atoms with Crippen molar-refractivity contribution in [3.8, 4) is 33.6 Å². The first-order valence-corrected chi connectivity index (χ1v) is 19.5. The fourth-order valence-corrected chi connectivity index (χ4v) is 8.31. The summed E-state index contributed by atoms with van der Waals surface area (Å²) in [5, 5.41) is 5.07. The summed E-state index contributed by atoms with van der Waals surface area (Å²) in [5.41, 5.74) is 15.9. The van der Waals surface area contributed by atoms with Gasteiger partial charge < -0.3 is 9.13 Å². The van der Waals surface area contributed by atoms with E-state index in [0.29, 0.717) is 0 Å². The molecule has 2 nitrogen and oxygen atoms in total. The van der Waals surface area contributed by atoms with Gasteiger partial charge in [-0.1, -0.05) is 160 Å². The average molecular weight is 719 g/mol. The lowest BCUT2D eigenvalue weighted by Gasteiger charge is -2.19. The summed E-state index contributed by atoms with van der Waals surface area (Å²) in [7, 11) is 0. The number of rotatable bonds is 6. The maximum absolute atomic E-state index is 2.39. The smallest absolute Gasteiger partial charge is 0.0541 e. The molecular formula is C54H42N2. The largest absolute Gasteiger partial charge is 0.309 e. The zero-order valence-electron chi connectivity index (χ0n) is 31.9. The molecule has 2 aromatic heterocycles. The molecule has 2 heteroatoms. The average Bonchev–Trinajstić information content (AvgIpc) is 3.75. The molecule has 0 aliphatic carbocycles. The van der Waals surface area contributed by atoms with E-state index in [1.54, 1.807) is 0 Å². The van der Waals surface area contributed by atoms with Crippen molar-refractivity contribution in [1.29, 1.82) is 0 Å². The van der Waals surface area contributed by atoms with Crippen LogP contribution in [0.1, 0.15) is 37.5 Å². The minimum atomic E-state index is 0.121. The van der Waals surface area contributed by atoms with Crippen molar-refractivity contribution in [2.24, 2.45) is 0 Å². The van der Waals surface area contributed by atoms with Crippen molar-refractivity contribution >= 4 is 55.8 Å². The molecule has 0 saturated carbocycles. The highest BCUT2D eigenvalue weighted by Gasteiger charge is 2.17. The molecule has 0 N–H and O–H groups in total. The van der Waals surface area contributed by atoms with Crippen molar-refractivity contribution in [1.82, 2.24) is 9.13 Å². The molecule has 0 radical (unpaired) electrons.